The van der Waals surface area contributed by atoms with Gasteiger partial charge in [-0.2, -0.15) is 5.26 Å². The Morgan fingerprint density at radius 1 is 1.04 bits per heavy atom. The molecule has 0 aliphatic carbocycles. The Hall–Kier alpha value is -3.10. The van der Waals surface area contributed by atoms with E-state index in [1.807, 2.05) is 6.07 Å². The van der Waals surface area contributed by atoms with Crippen molar-refractivity contribution in [2.24, 2.45) is 0 Å². The van der Waals surface area contributed by atoms with E-state index in [1.165, 1.54) is 0 Å². The van der Waals surface area contributed by atoms with Crippen molar-refractivity contribution in [1.82, 2.24) is 5.32 Å². The molecule has 23 heavy (non-hydrogen) atoms. The zero-order chi connectivity index (χ0) is 16.4. The van der Waals surface area contributed by atoms with Crippen LogP contribution in [0.25, 0.3) is 5.57 Å². The smallest absolute Gasteiger partial charge is 0.275 e. The maximum absolute atomic E-state index is 12.1. The molecule has 0 bridgehead atoms. The summed E-state index contributed by atoms with van der Waals surface area (Å²) >= 11 is 6.14. The van der Waals surface area contributed by atoms with Gasteiger partial charge in [0.15, 0.2) is 0 Å². The van der Waals surface area contributed by atoms with Crippen LogP contribution in [0.15, 0.2) is 54.2 Å². The van der Waals surface area contributed by atoms with Gasteiger partial charge in [0, 0.05) is 16.3 Å². The number of halogens is 1. The van der Waals surface area contributed by atoms with Gasteiger partial charge in [-0.1, -0.05) is 35.9 Å². The standard InChI is InChI=1S/C17H10ClN3O2/c18-13-7-2-1-6-12(13)14-15(17(23)21-16(14)22)20-11-5-3-4-10(8-11)9-19/h1-8H,(H2,20,21,22,23). The summed E-state index contributed by atoms with van der Waals surface area (Å²) in [6.45, 7) is 0. The topological polar surface area (TPSA) is 82.0 Å². The average molecular weight is 324 g/mol. The minimum atomic E-state index is -0.535. The van der Waals surface area contributed by atoms with Crippen molar-refractivity contribution < 1.29 is 9.59 Å². The second-order valence-corrected chi connectivity index (χ2v) is 5.24. The number of rotatable bonds is 3. The van der Waals surface area contributed by atoms with Crippen LogP contribution in [0.4, 0.5) is 5.69 Å². The molecule has 0 fully saturated rings. The van der Waals surface area contributed by atoms with E-state index in [0.29, 0.717) is 21.8 Å². The monoisotopic (exact) mass is 323 g/mol. The number of anilines is 1. The third kappa shape index (κ3) is 2.80. The fourth-order valence-corrected chi connectivity index (χ4v) is 2.54. The maximum atomic E-state index is 12.1. The molecule has 1 aliphatic rings. The molecule has 6 heteroatoms. The first kappa shape index (κ1) is 14.8. The molecule has 0 aromatic heterocycles. The van der Waals surface area contributed by atoms with Crippen molar-refractivity contribution in [2.45, 2.75) is 0 Å². The van der Waals surface area contributed by atoms with Crippen LogP contribution >= 0.6 is 11.6 Å². The lowest BCUT2D eigenvalue weighted by Gasteiger charge is -2.09. The molecule has 0 radical (unpaired) electrons. The summed E-state index contributed by atoms with van der Waals surface area (Å²) in [5, 5.41) is 14.5. The summed E-state index contributed by atoms with van der Waals surface area (Å²) in [5.74, 6) is -1.05. The quantitative estimate of drug-likeness (QED) is 0.851. The van der Waals surface area contributed by atoms with Gasteiger partial charge in [0.2, 0.25) is 0 Å². The molecule has 0 saturated carbocycles. The third-order valence-corrected chi connectivity index (χ3v) is 3.66. The first-order valence-electron chi connectivity index (χ1n) is 6.72. The summed E-state index contributed by atoms with van der Waals surface area (Å²) < 4.78 is 0. The van der Waals surface area contributed by atoms with Crippen molar-refractivity contribution >= 4 is 34.7 Å². The number of hydrogen-bond donors (Lipinski definition) is 2. The van der Waals surface area contributed by atoms with E-state index in [0.717, 1.165) is 0 Å². The molecule has 3 rings (SSSR count). The van der Waals surface area contributed by atoms with E-state index in [2.05, 4.69) is 10.6 Å². The van der Waals surface area contributed by atoms with Crippen LogP contribution in [0.3, 0.4) is 0 Å². The Bertz CT molecular complexity index is 897. The molecule has 1 aliphatic heterocycles. The van der Waals surface area contributed by atoms with Crippen LogP contribution < -0.4 is 10.6 Å². The molecule has 2 N–H and O–H groups in total. The lowest BCUT2D eigenvalue weighted by molar-refractivity contribution is -0.123. The first-order valence-corrected chi connectivity index (χ1v) is 7.10. The Kier molecular flexibility index (Phi) is 3.83. The van der Waals surface area contributed by atoms with Gasteiger partial charge >= 0.3 is 0 Å². The molecule has 5 nitrogen and oxygen atoms in total. The minimum absolute atomic E-state index is 0.109. The van der Waals surface area contributed by atoms with Crippen molar-refractivity contribution in [3.8, 4) is 6.07 Å². The summed E-state index contributed by atoms with van der Waals surface area (Å²) in [6, 6.07) is 15.4. The zero-order valence-corrected chi connectivity index (χ0v) is 12.5. The van der Waals surface area contributed by atoms with Gasteiger partial charge in [0.05, 0.1) is 17.2 Å². The molecule has 0 atom stereocenters. The number of carbonyl (C=O) groups is 2. The van der Waals surface area contributed by atoms with Crippen LogP contribution in [-0.2, 0) is 9.59 Å². The zero-order valence-electron chi connectivity index (χ0n) is 11.8. The van der Waals surface area contributed by atoms with E-state index in [9.17, 15) is 9.59 Å². The molecule has 0 unspecified atom stereocenters. The van der Waals surface area contributed by atoms with Crippen molar-refractivity contribution in [3.63, 3.8) is 0 Å². The predicted octanol–water partition coefficient (Wildman–Crippen LogP) is 2.69. The molecule has 2 amide bonds. The van der Waals surface area contributed by atoms with Crippen LogP contribution in [-0.4, -0.2) is 11.8 Å². The summed E-state index contributed by atoms with van der Waals surface area (Å²) in [5.41, 5.74) is 1.74. The Morgan fingerprint density at radius 2 is 1.83 bits per heavy atom. The molecule has 112 valence electrons. The second kappa shape index (κ2) is 5.95. The maximum Gasteiger partial charge on any atom is 0.275 e. The Morgan fingerprint density at radius 3 is 2.57 bits per heavy atom. The van der Waals surface area contributed by atoms with Gasteiger partial charge in [-0.05, 0) is 24.3 Å². The summed E-state index contributed by atoms with van der Waals surface area (Å²) in [4.78, 5) is 24.2. The van der Waals surface area contributed by atoms with E-state index in [4.69, 9.17) is 16.9 Å². The highest BCUT2D eigenvalue weighted by atomic mass is 35.5. The van der Waals surface area contributed by atoms with E-state index in [-0.39, 0.29) is 11.3 Å². The predicted molar refractivity (Wildman–Crippen MR) is 86.3 cm³/mol. The minimum Gasteiger partial charge on any atom is -0.350 e. The van der Waals surface area contributed by atoms with Gasteiger partial charge in [0.1, 0.15) is 5.70 Å². The second-order valence-electron chi connectivity index (χ2n) is 4.83. The SMILES string of the molecule is N#Cc1cccc(NC2=C(c3ccccc3Cl)C(=O)NC2=O)c1. The number of benzene rings is 2. The van der Waals surface area contributed by atoms with Crippen molar-refractivity contribution in [2.75, 3.05) is 5.32 Å². The van der Waals surface area contributed by atoms with Gasteiger partial charge in [-0.15, -0.1) is 0 Å². The van der Waals surface area contributed by atoms with Crippen LogP contribution in [0.2, 0.25) is 5.02 Å². The van der Waals surface area contributed by atoms with Crippen LogP contribution in [0, 0.1) is 11.3 Å². The van der Waals surface area contributed by atoms with Crippen molar-refractivity contribution in [3.05, 3.63) is 70.4 Å². The summed E-state index contributed by atoms with van der Waals surface area (Å²) in [6.07, 6.45) is 0. The van der Waals surface area contributed by atoms with Crippen molar-refractivity contribution in [1.29, 1.82) is 5.26 Å². The number of amides is 2. The average Bonchev–Trinajstić information content (AvgIpc) is 2.82. The molecule has 1 heterocycles. The Labute approximate surface area is 137 Å². The van der Waals surface area contributed by atoms with Gasteiger partial charge in [-0.25, -0.2) is 0 Å². The van der Waals surface area contributed by atoms with E-state index < -0.39 is 11.8 Å². The number of nitriles is 1. The van der Waals surface area contributed by atoms with Gasteiger partial charge in [0.25, 0.3) is 11.8 Å². The lowest BCUT2D eigenvalue weighted by atomic mass is 10.0. The van der Waals surface area contributed by atoms with Crippen LogP contribution in [0.5, 0.6) is 0 Å². The first-order chi connectivity index (χ1) is 11.1. The molecule has 0 saturated heterocycles. The molecule has 2 aromatic carbocycles. The molecular weight excluding hydrogens is 314 g/mol. The highest BCUT2D eigenvalue weighted by molar-refractivity contribution is 6.40. The van der Waals surface area contributed by atoms with E-state index in [1.54, 1.807) is 48.5 Å². The fourth-order valence-electron chi connectivity index (χ4n) is 2.31. The molecule has 2 aromatic rings. The normalized spacial score (nSPS) is 13.7. The number of nitrogens with zero attached hydrogens (tertiary/aromatic N) is 1. The summed E-state index contributed by atoms with van der Waals surface area (Å²) in [7, 11) is 0. The molecule has 0 spiro atoms. The third-order valence-electron chi connectivity index (χ3n) is 3.34. The fraction of sp³-hybridized carbons (Fsp3) is 0. The highest BCUT2D eigenvalue weighted by Gasteiger charge is 2.32. The number of hydrogen-bond acceptors (Lipinski definition) is 4. The number of imide groups is 1. The lowest BCUT2D eigenvalue weighted by Crippen LogP contribution is -2.24. The number of nitrogens with one attached hydrogen (secondary N) is 2. The highest BCUT2D eigenvalue weighted by Crippen LogP contribution is 2.30. The Balaban J connectivity index is 2.09. The van der Waals surface area contributed by atoms with Crippen LogP contribution in [0.1, 0.15) is 11.1 Å². The molecular formula is C17H10ClN3O2. The largest absolute Gasteiger partial charge is 0.350 e. The van der Waals surface area contributed by atoms with Gasteiger partial charge in [-0.3, -0.25) is 14.9 Å². The number of carbonyl (C=O) groups excluding carboxylic acids is 2. The van der Waals surface area contributed by atoms with E-state index >= 15 is 0 Å². The van der Waals surface area contributed by atoms with Gasteiger partial charge < -0.3 is 5.32 Å².